The van der Waals surface area contributed by atoms with Crippen molar-refractivity contribution < 1.29 is 9.53 Å². The van der Waals surface area contributed by atoms with E-state index < -0.39 is 0 Å². The highest BCUT2D eigenvalue weighted by Crippen LogP contribution is 2.33. The third-order valence-electron chi connectivity index (χ3n) is 5.12. The SMILES string of the molecule is CCCCCCN1C(=O)C(=Cc2c(NCCCOCC)nc3ccccn3c2=O)SC1=S. The summed E-state index contributed by atoms with van der Waals surface area (Å²) in [6, 6.07) is 5.40. The predicted molar refractivity (Wildman–Crippen MR) is 135 cm³/mol. The van der Waals surface area contributed by atoms with E-state index in [9.17, 15) is 9.59 Å². The van der Waals surface area contributed by atoms with Gasteiger partial charge in [-0.3, -0.25) is 18.9 Å². The van der Waals surface area contributed by atoms with Crippen molar-refractivity contribution in [3.63, 3.8) is 0 Å². The molecule has 0 unspecified atom stereocenters. The van der Waals surface area contributed by atoms with E-state index in [-0.39, 0.29) is 11.5 Å². The summed E-state index contributed by atoms with van der Waals surface area (Å²) in [5, 5.41) is 3.25. The first-order chi connectivity index (χ1) is 15.6. The zero-order valence-corrected chi connectivity index (χ0v) is 20.3. The third kappa shape index (κ3) is 5.96. The second-order valence-corrected chi connectivity index (χ2v) is 9.16. The average Bonchev–Trinajstić information content (AvgIpc) is 3.06. The number of nitrogens with zero attached hydrogens (tertiary/aromatic N) is 3. The lowest BCUT2D eigenvalue weighted by Crippen LogP contribution is -2.29. The third-order valence-corrected chi connectivity index (χ3v) is 6.49. The van der Waals surface area contributed by atoms with Gasteiger partial charge in [0.25, 0.3) is 11.5 Å². The molecule has 2 aromatic rings. The Bertz CT molecular complexity index is 1050. The smallest absolute Gasteiger partial charge is 0.267 e. The van der Waals surface area contributed by atoms with Crippen LogP contribution >= 0.6 is 24.0 Å². The number of hydrogen-bond donors (Lipinski definition) is 1. The molecule has 32 heavy (non-hydrogen) atoms. The van der Waals surface area contributed by atoms with Gasteiger partial charge in [0.15, 0.2) is 0 Å². The van der Waals surface area contributed by atoms with Crippen LogP contribution in [0.2, 0.25) is 0 Å². The van der Waals surface area contributed by atoms with Gasteiger partial charge in [0.05, 0.1) is 10.5 Å². The minimum absolute atomic E-state index is 0.142. The molecule has 172 valence electrons. The van der Waals surface area contributed by atoms with E-state index in [0.717, 1.165) is 32.1 Å². The minimum atomic E-state index is -0.226. The number of fused-ring (bicyclic) bond motifs is 1. The second-order valence-electron chi connectivity index (χ2n) is 7.48. The van der Waals surface area contributed by atoms with Gasteiger partial charge in [-0.1, -0.05) is 56.2 Å². The number of carbonyl (C=O) groups is 1. The van der Waals surface area contributed by atoms with Gasteiger partial charge in [0.1, 0.15) is 15.8 Å². The van der Waals surface area contributed by atoms with Crippen LogP contribution in [0.4, 0.5) is 5.82 Å². The van der Waals surface area contributed by atoms with Crippen LogP contribution in [0.3, 0.4) is 0 Å². The second kappa shape index (κ2) is 12.1. The molecule has 1 fully saturated rings. The predicted octanol–water partition coefficient (Wildman–Crippen LogP) is 4.31. The van der Waals surface area contributed by atoms with Crippen molar-refractivity contribution in [3.8, 4) is 0 Å². The number of amides is 1. The van der Waals surface area contributed by atoms with E-state index in [0.29, 0.717) is 52.6 Å². The molecular formula is C23H30N4O3S2. The van der Waals surface area contributed by atoms with Crippen molar-refractivity contribution in [1.82, 2.24) is 14.3 Å². The Morgan fingerprint density at radius 1 is 1.19 bits per heavy atom. The number of unbranched alkanes of at least 4 members (excludes halogenated alkanes) is 3. The Hall–Kier alpha value is -2.23. The van der Waals surface area contributed by atoms with Crippen molar-refractivity contribution in [3.05, 3.63) is 45.2 Å². The number of thioether (sulfide) groups is 1. The fraction of sp³-hybridized carbons (Fsp3) is 0.478. The standard InChI is InChI=1S/C23H30N4O3S2/c1-3-5-6-8-14-27-22(29)18(32-23(27)31)16-17-20(24-12-10-15-30-4-2)25-19-11-7-9-13-26(19)21(17)28/h7,9,11,13,16,24H,3-6,8,10,12,14-15H2,1-2H3. The number of aromatic nitrogens is 2. The Labute approximate surface area is 198 Å². The zero-order valence-electron chi connectivity index (χ0n) is 18.6. The molecule has 0 bridgehead atoms. The molecule has 1 aliphatic rings. The van der Waals surface area contributed by atoms with Crippen molar-refractivity contribution in [2.45, 2.75) is 46.0 Å². The molecule has 1 amide bonds. The van der Waals surface area contributed by atoms with E-state index in [1.807, 2.05) is 13.0 Å². The number of thiocarbonyl (C=S) groups is 1. The highest BCUT2D eigenvalue weighted by molar-refractivity contribution is 8.26. The molecule has 9 heteroatoms. The van der Waals surface area contributed by atoms with Gasteiger partial charge in [-0.25, -0.2) is 4.98 Å². The van der Waals surface area contributed by atoms with E-state index >= 15 is 0 Å². The lowest BCUT2D eigenvalue weighted by Gasteiger charge is -2.14. The van der Waals surface area contributed by atoms with E-state index in [2.05, 4.69) is 17.2 Å². The van der Waals surface area contributed by atoms with Gasteiger partial charge in [-0.2, -0.15) is 0 Å². The first kappa shape index (κ1) is 24.4. The summed E-state index contributed by atoms with van der Waals surface area (Å²) in [5.74, 6) is 0.322. The van der Waals surface area contributed by atoms with Gasteiger partial charge >= 0.3 is 0 Å². The summed E-state index contributed by atoms with van der Waals surface area (Å²) in [6.07, 6.45) is 8.35. The number of carbonyl (C=O) groups excluding carboxylic acids is 1. The van der Waals surface area contributed by atoms with E-state index in [1.54, 1.807) is 29.3 Å². The van der Waals surface area contributed by atoms with Crippen molar-refractivity contribution in [2.24, 2.45) is 0 Å². The quantitative estimate of drug-likeness (QED) is 0.279. The zero-order chi connectivity index (χ0) is 22.9. The van der Waals surface area contributed by atoms with Gasteiger partial charge in [0, 0.05) is 32.5 Å². The molecule has 0 aromatic carbocycles. The molecule has 1 saturated heterocycles. The molecule has 3 heterocycles. The van der Waals surface area contributed by atoms with Crippen molar-refractivity contribution >= 4 is 51.7 Å². The summed E-state index contributed by atoms with van der Waals surface area (Å²) in [7, 11) is 0. The summed E-state index contributed by atoms with van der Waals surface area (Å²) >= 11 is 6.68. The molecule has 7 nitrogen and oxygen atoms in total. The Morgan fingerprint density at radius 3 is 2.81 bits per heavy atom. The molecule has 0 radical (unpaired) electrons. The van der Waals surface area contributed by atoms with Gasteiger partial charge < -0.3 is 10.1 Å². The van der Waals surface area contributed by atoms with Crippen LogP contribution in [0, 0.1) is 0 Å². The number of pyridine rings is 1. The number of hydrogen-bond acceptors (Lipinski definition) is 7. The molecule has 0 spiro atoms. The minimum Gasteiger partial charge on any atom is -0.382 e. The first-order valence-corrected chi connectivity index (χ1v) is 12.4. The first-order valence-electron chi connectivity index (χ1n) is 11.1. The summed E-state index contributed by atoms with van der Waals surface area (Å²) < 4.78 is 7.41. The van der Waals surface area contributed by atoms with Gasteiger partial charge in [0.2, 0.25) is 0 Å². The molecule has 2 aromatic heterocycles. The Morgan fingerprint density at radius 2 is 2.03 bits per heavy atom. The molecule has 1 N–H and O–H groups in total. The summed E-state index contributed by atoms with van der Waals surface area (Å²) in [4.78, 5) is 32.9. The molecule has 3 rings (SSSR count). The van der Waals surface area contributed by atoms with Crippen LogP contribution in [0.1, 0.15) is 51.5 Å². The fourth-order valence-electron chi connectivity index (χ4n) is 3.41. The summed E-state index contributed by atoms with van der Waals surface area (Å²) in [5.41, 5.74) is 0.679. The lowest BCUT2D eigenvalue weighted by molar-refractivity contribution is -0.122. The average molecular weight is 475 g/mol. The molecule has 0 saturated carbocycles. The molecule has 1 aliphatic heterocycles. The van der Waals surface area contributed by atoms with Crippen molar-refractivity contribution in [1.29, 1.82) is 0 Å². The fourth-order valence-corrected chi connectivity index (χ4v) is 4.70. The molecule has 0 aliphatic carbocycles. The molecular weight excluding hydrogens is 444 g/mol. The highest BCUT2D eigenvalue weighted by Gasteiger charge is 2.32. The molecule has 0 atom stereocenters. The number of rotatable bonds is 12. The maximum Gasteiger partial charge on any atom is 0.267 e. The van der Waals surface area contributed by atoms with Crippen LogP contribution in [0.25, 0.3) is 11.7 Å². The van der Waals surface area contributed by atoms with Crippen LogP contribution in [0.15, 0.2) is 34.1 Å². The van der Waals surface area contributed by atoms with Crippen LogP contribution in [0.5, 0.6) is 0 Å². The highest BCUT2D eigenvalue weighted by atomic mass is 32.2. The Balaban J connectivity index is 1.87. The Kier molecular flexibility index (Phi) is 9.25. The normalized spacial score (nSPS) is 15.3. The topological polar surface area (TPSA) is 75.9 Å². The maximum atomic E-state index is 13.2. The largest absolute Gasteiger partial charge is 0.382 e. The van der Waals surface area contributed by atoms with Crippen LogP contribution in [-0.4, -0.2) is 50.8 Å². The summed E-state index contributed by atoms with van der Waals surface area (Å²) in [6.45, 7) is 6.62. The number of anilines is 1. The number of ether oxygens (including phenoxy) is 1. The van der Waals surface area contributed by atoms with Crippen molar-refractivity contribution in [2.75, 3.05) is 31.6 Å². The monoisotopic (exact) mass is 474 g/mol. The van der Waals surface area contributed by atoms with E-state index in [1.165, 1.54) is 16.2 Å². The number of nitrogens with one attached hydrogen (secondary N) is 1. The van der Waals surface area contributed by atoms with Crippen LogP contribution in [-0.2, 0) is 9.53 Å². The van der Waals surface area contributed by atoms with E-state index in [4.69, 9.17) is 17.0 Å². The maximum absolute atomic E-state index is 13.2. The van der Waals surface area contributed by atoms with Gasteiger partial charge in [-0.05, 0) is 38.0 Å². The lowest BCUT2D eigenvalue weighted by atomic mass is 10.2. The van der Waals surface area contributed by atoms with Gasteiger partial charge in [-0.15, -0.1) is 0 Å². The van der Waals surface area contributed by atoms with Crippen LogP contribution < -0.4 is 10.9 Å².